The molecule has 2 aliphatic rings. The Morgan fingerprint density at radius 2 is 1.92 bits per heavy atom. The molecule has 0 amide bonds. The Labute approximate surface area is 141 Å². The van der Waals surface area contributed by atoms with E-state index in [2.05, 4.69) is 39.0 Å². The van der Waals surface area contributed by atoms with Gasteiger partial charge in [0.05, 0.1) is 17.3 Å². The van der Waals surface area contributed by atoms with Crippen molar-refractivity contribution in [3.05, 3.63) is 48.3 Å². The Kier molecular flexibility index (Phi) is 3.20. The molecular weight excluding hydrogens is 300 g/mol. The highest BCUT2D eigenvalue weighted by Gasteiger charge is 2.49. The number of aliphatic imine (C=N–C) groups is 1. The van der Waals surface area contributed by atoms with E-state index >= 15 is 0 Å². The van der Waals surface area contributed by atoms with Gasteiger partial charge >= 0.3 is 0 Å². The van der Waals surface area contributed by atoms with Crippen molar-refractivity contribution >= 4 is 28.7 Å². The summed E-state index contributed by atoms with van der Waals surface area (Å²) in [5, 5.41) is 0. The van der Waals surface area contributed by atoms with E-state index in [1.165, 1.54) is 0 Å². The Morgan fingerprint density at radius 1 is 1.17 bits per heavy atom. The van der Waals surface area contributed by atoms with Gasteiger partial charge in [0, 0.05) is 43.8 Å². The minimum absolute atomic E-state index is 0.150. The SMILES string of the molecule is CN(C)c1ccc(N2CCC3(C)C(=O)c4ccncc4N=C23)cc1. The van der Waals surface area contributed by atoms with Crippen molar-refractivity contribution in [1.82, 2.24) is 4.98 Å². The molecule has 0 aliphatic carbocycles. The molecule has 2 aromatic rings. The summed E-state index contributed by atoms with van der Waals surface area (Å²) in [5.74, 6) is 0.989. The molecule has 1 atom stereocenters. The predicted molar refractivity (Wildman–Crippen MR) is 96.5 cm³/mol. The Hall–Kier alpha value is -2.69. The summed E-state index contributed by atoms with van der Waals surface area (Å²) in [6.07, 6.45) is 4.11. The monoisotopic (exact) mass is 320 g/mol. The lowest BCUT2D eigenvalue weighted by atomic mass is 9.78. The third kappa shape index (κ3) is 2.04. The van der Waals surface area contributed by atoms with Gasteiger partial charge in [0.15, 0.2) is 5.78 Å². The molecule has 122 valence electrons. The standard InChI is InChI=1S/C19H20N4O/c1-19-9-11-23(14-6-4-13(5-7-14)22(2)3)18(19)21-16-12-20-10-8-15(16)17(19)24/h4-8,10,12H,9,11H2,1-3H3. The maximum absolute atomic E-state index is 13.0. The quantitative estimate of drug-likeness (QED) is 0.852. The first-order valence-electron chi connectivity index (χ1n) is 8.13. The van der Waals surface area contributed by atoms with Crippen LogP contribution >= 0.6 is 0 Å². The van der Waals surface area contributed by atoms with E-state index < -0.39 is 5.41 Å². The van der Waals surface area contributed by atoms with Gasteiger partial charge in [-0.25, -0.2) is 4.99 Å². The van der Waals surface area contributed by atoms with Crippen molar-refractivity contribution in [3.8, 4) is 0 Å². The van der Waals surface area contributed by atoms with Crippen molar-refractivity contribution in [2.24, 2.45) is 10.4 Å². The lowest BCUT2D eigenvalue weighted by Crippen LogP contribution is -2.40. The van der Waals surface area contributed by atoms with Gasteiger partial charge in [-0.1, -0.05) is 0 Å². The number of rotatable bonds is 2. The van der Waals surface area contributed by atoms with Gasteiger partial charge in [0.25, 0.3) is 0 Å². The van der Waals surface area contributed by atoms with Crippen LogP contribution in [0.5, 0.6) is 0 Å². The van der Waals surface area contributed by atoms with Crippen LogP contribution < -0.4 is 9.80 Å². The zero-order valence-corrected chi connectivity index (χ0v) is 14.2. The largest absolute Gasteiger partial charge is 0.378 e. The molecule has 24 heavy (non-hydrogen) atoms. The van der Waals surface area contributed by atoms with Crippen LogP contribution in [0, 0.1) is 5.41 Å². The van der Waals surface area contributed by atoms with Crippen molar-refractivity contribution in [1.29, 1.82) is 0 Å². The zero-order valence-electron chi connectivity index (χ0n) is 14.2. The molecule has 0 bridgehead atoms. The summed E-state index contributed by atoms with van der Waals surface area (Å²) in [7, 11) is 4.05. The maximum Gasteiger partial charge on any atom is 0.178 e. The van der Waals surface area contributed by atoms with Crippen LogP contribution in [0.1, 0.15) is 23.7 Å². The average Bonchev–Trinajstić information content (AvgIpc) is 2.93. The number of fused-ring (bicyclic) bond motifs is 2. The third-order valence-electron chi connectivity index (χ3n) is 5.03. The molecule has 1 fully saturated rings. The van der Waals surface area contributed by atoms with Crippen LogP contribution in [0.15, 0.2) is 47.7 Å². The number of carbonyl (C=O) groups is 1. The fourth-order valence-electron chi connectivity index (χ4n) is 3.51. The Balaban J connectivity index is 1.78. The molecule has 0 spiro atoms. The number of amidine groups is 1. The van der Waals surface area contributed by atoms with Gasteiger partial charge in [-0.2, -0.15) is 0 Å². The first-order chi connectivity index (χ1) is 11.5. The summed E-state index contributed by atoms with van der Waals surface area (Å²) in [6, 6.07) is 10.1. The van der Waals surface area contributed by atoms with Gasteiger partial charge in [0.2, 0.25) is 0 Å². The number of pyridine rings is 1. The summed E-state index contributed by atoms with van der Waals surface area (Å²) in [5.41, 5.74) is 3.03. The van der Waals surface area contributed by atoms with Crippen LogP contribution in [0.3, 0.4) is 0 Å². The van der Waals surface area contributed by atoms with Crippen LogP contribution in [-0.4, -0.2) is 37.2 Å². The van der Waals surface area contributed by atoms with E-state index in [1.54, 1.807) is 18.5 Å². The Morgan fingerprint density at radius 3 is 2.62 bits per heavy atom. The number of ketones is 1. The van der Waals surface area contributed by atoms with E-state index in [0.29, 0.717) is 11.3 Å². The molecule has 3 heterocycles. The molecule has 0 N–H and O–H groups in total. The molecule has 1 saturated heterocycles. The lowest BCUT2D eigenvalue weighted by molar-refractivity contribution is 0.0887. The number of carbonyl (C=O) groups excluding carboxylic acids is 1. The van der Waals surface area contributed by atoms with Gasteiger partial charge < -0.3 is 9.80 Å². The number of nitrogens with zero attached hydrogens (tertiary/aromatic N) is 4. The van der Waals surface area contributed by atoms with Gasteiger partial charge in [-0.15, -0.1) is 0 Å². The predicted octanol–water partition coefficient (Wildman–Crippen LogP) is 3.29. The molecule has 0 saturated carbocycles. The molecule has 4 rings (SSSR count). The summed E-state index contributed by atoms with van der Waals surface area (Å²) < 4.78 is 0. The second-order valence-electron chi connectivity index (χ2n) is 6.80. The molecule has 1 aromatic carbocycles. The fraction of sp³-hybridized carbons (Fsp3) is 0.316. The smallest absolute Gasteiger partial charge is 0.178 e. The van der Waals surface area contributed by atoms with Crippen molar-refractivity contribution in [3.63, 3.8) is 0 Å². The van der Waals surface area contributed by atoms with Crippen LogP contribution in [-0.2, 0) is 0 Å². The lowest BCUT2D eigenvalue weighted by Gasteiger charge is -2.30. The number of benzene rings is 1. The van der Waals surface area contributed by atoms with Crippen molar-refractivity contribution < 1.29 is 4.79 Å². The van der Waals surface area contributed by atoms with Crippen molar-refractivity contribution in [2.45, 2.75) is 13.3 Å². The van der Waals surface area contributed by atoms with Crippen LogP contribution in [0.25, 0.3) is 0 Å². The first-order valence-corrected chi connectivity index (χ1v) is 8.13. The van der Waals surface area contributed by atoms with Gasteiger partial charge in [-0.3, -0.25) is 9.78 Å². The second kappa shape index (κ2) is 5.16. The molecule has 1 unspecified atom stereocenters. The normalized spacial score (nSPS) is 22.0. The summed E-state index contributed by atoms with van der Waals surface area (Å²) in [6.45, 7) is 2.80. The van der Waals surface area contributed by atoms with E-state index in [4.69, 9.17) is 4.99 Å². The maximum atomic E-state index is 13.0. The summed E-state index contributed by atoms with van der Waals surface area (Å²) in [4.78, 5) is 26.1. The van der Waals surface area contributed by atoms with E-state index in [1.807, 2.05) is 21.0 Å². The third-order valence-corrected chi connectivity index (χ3v) is 5.03. The van der Waals surface area contributed by atoms with Gasteiger partial charge in [-0.05, 0) is 43.7 Å². The van der Waals surface area contributed by atoms with Crippen LogP contribution in [0.4, 0.5) is 17.1 Å². The minimum Gasteiger partial charge on any atom is -0.378 e. The molecule has 2 aliphatic heterocycles. The summed E-state index contributed by atoms with van der Waals surface area (Å²) >= 11 is 0. The molecular formula is C19H20N4O. The van der Waals surface area contributed by atoms with E-state index in [0.717, 1.165) is 30.2 Å². The number of hydrogen-bond acceptors (Lipinski definition) is 5. The second-order valence-corrected chi connectivity index (χ2v) is 6.80. The fourth-order valence-corrected chi connectivity index (χ4v) is 3.51. The number of hydrogen-bond donors (Lipinski definition) is 0. The molecule has 5 nitrogen and oxygen atoms in total. The van der Waals surface area contributed by atoms with E-state index in [9.17, 15) is 4.79 Å². The van der Waals surface area contributed by atoms with Crippen molar-refractivity contribution in [2.75, 3.05) is 30.4 Å². The highest BCUT2D eigenvalue weighted by molar-refractivity contribution is 6.25. The molecule has 1 aromatic heterocycles. The highest BCUT2D eigenvalue weighted by Crippen LogP contribution is 2.44. The number of Topliss-reactive ketones (excluding diaryl/α,β-unsaturated/α-hetero) is 1. The topological polar surface area (TPSA) is 48.8 Å². The highest BCUT2D eigenvalue weighted by atomic mass is 16.1. The average molecular weight is 320 g/mol. The molecule has 5 heteroatoms. The van der Waals surface area contributed by atoms with Crippen LogP contribution in [0.2, 0.25) is 0 Å². The Bertz CT molecular complexity index is 841. The molecule has 0 radical (unpaired) electrons. The minimum atomic E-state index is -0.547. The first kappa shape index (κ1) is 14.9. The zero-order chi connectivity index (χ0) is 16.9. The number of aromatic nitrogens is 1. The van der Waals surface area contributed by atoms with Gasteiger partial charge in [0.1, 0.15) is 5.84 Å². The number of anilines is 2. The van der Waals surface area contributed by atoms with E-state index in [-0.39, 0.29) is 5.78 Å².